The minimum atomic E-state index is -3.08. The Labute approximate surface area is 164 Å². The Morgan fingerprint density at radius 1 is 1.56 bits per heavy atom. The van der Waals surface area contributed by atoms with E-state index in [1.54, 1.807) is 6.92 Å². The van der Waals surface area contributed by atoms with Crippen LogP contribution in [0.1, 0.15) is 37.1 Å². The average Bonchev–Trinajstić information content (AvgIpc) is 3.11. The van der Waals surface area contributed by atoms with E-state index in [-0.39, 0.29) is 28.3 Å². The van der Waals surface area contributed by atoms with Crippen LogP contribution in [0.2, 0.25) is 5.15 Å². The number of rotatable bonds is 8. The molecule has 8 nitrogen and oxygen atoms in total. The van der Waals surface area contributed by atoms with Gasteiger partial charge in [0.05, 0.1) is 23.2 Å². The molecule has 1 saturated heterocycles. The van der Waals surface area contributed by atoms with Crippen LogP contribution in [-0.2, 0) is 19.4 Å². The van der Waals surface area contributed by atoms with Crippen LogP contribution < -0.4 is 5.32 Å². The molecule has 148 valence electrons. The first-order chi connectivity index (χ1) is 12.8. The average molecular weight is 415 g/mol. The number of carbonyl (C=O) groups excluding carboxylic acids is 1. The summed E-state index contributed by atoms with van der Waals surface area (Å²) in [5.74, 6) is -0.408. The van der Waals surface area contributed by atoms with Gasteiger partial charge in [0.25, 0.3) is 5.91 Å². The van der Waals surface area contributed by atoms with E-state index < -0.39 is 15.7 Å². The summed E-state index contributed by atoms with van der Waals surface area (Å²) < 4.78 is 30.1. The van der Waals surface area contributed by atoms with Gasteiger partial charge in [0.2, 0.25) is 0 Å². The lowest BCUT2D eigenvalue weighted by molar-refractivity contribution is -0.117. The molecule has 1 N–H and O–H groups in total. The summed E-state index contributed by atoms with van der Waals surface area (Å²) in [4.78, 5) is 12.2. The van der Waals surface area contributed by atoms with Crippen LogP contribution in [0.25, 0.3) is 6.08 Å². The number of amides is 1. The van der Waals surface area contributed by atoms with Crippen LogP contribution in [0.4, 0.5) is 0 Å². The zero-order chi connectivity index (χ0) is 20.0. The molecule has 1 amide bonds. The number of hydrogen-bond donors (Lipinski definition) is 1. The molecule has 0 spiro atoms. The van der Waals surface area contributed by atoms with Gasteiger partial charge in [-0.05, 0) is 32.8 Å². The molecule has 27 heavy (non-hydrogen) atoms. The van der Waals surface area contributed by atoms with E-state index in [0.29, 0.717) is 43.9 Å². The van der Waals surface area contributed by atoms with Crippen molar-refractivity contribution >= 4 is 33.4 Å². The molecule has 1 aliphatic rings. The van der Waals surface area contributed by atoms with Gasteiger partial charge in [-0.15, -0.1) is 0 Å². The molecule has 1 fully saturated rings. The number of aromatic nitrogens is 2. The predicted octanol–water partition coefficient (Wildman–Crippen LogP) is 1.65. The van der Waals surface area contributed by atoms with E-state index in [9.17, 15) is 18.5 Å². The number of aryl methyl sites for hydroxylation is 1. The van der Waals surface area contributed by atoms with Crippen molar-refractivity contribution in [1.82, 2.24) is 15.1 Å². The fourth-order valence-electron chi connectivity index (χ4n) is 2.81. The molecule has 1 aromatic heterocycles. The third-order valence-electron chi connectivity index (χ3n) is 4.23. The summed E-state index contributed by atoms with van der Waals surface area (Å²) in [5.41, 5.74) is 0.887. The summed E-state index contributed by atoms with van der Waals surface area (Å²) in [6.45, 7) is 5.13. The largest absolute Gasteiger partial charge is 0.382 e. The van der Waals surface area contributed by atoms with Crippen molar-refractivity contribution < 1.29 is 17.9 Å². The Hall–Kier alpha value is -1.89. The summed E-state index contributed by atoms with van der Waals surface area (Å²) in [6, 6.07) is 1.54. The molecule has 2 rings (SSSR count). The molecule has 0 saturated carbocycles. The maximum atomic E-state index is 12.2. The normalized spacial score (nSPS) is 19.0. The van der Waals surface area contributed by atoms with E-state index in [2.05, 4.69) is 10.4 Å². The Bertz CT molecular complexity index is 870. The standard InChI is InChI=1S/C17H23ClN4O4S/c1-3-26-7-4-6-20-17(23)13(10-19)9-15-12(2)21-22(16(15)18)14-5-8-27(24,25)11-14/h9,14H,3-8,11H2,1-2H3,(H,20,23)/b13-9+/t14-/m0/s1. The Kier molecular flexibility index (Phi) is 7.41. The van der Waals surface area contributed by atoms with Gasteiger partial charge in [0, 0.05) is 25.3 Å². The van der Waals surface area contributed by atoms with E-state index in [4.69, 9.17) is 16.3 Å². The molecule has 0 unspecified atom stereocenters. The second kappa shape index (κ2) is 9.35. The van der Waals surface area contributed by atoms with Gasteiger partial charge in [0.15, 0.2) is 9.84 Å². The fraction of sp³-hybridized carbons (Fsp3) is 0.588. The number of nitrogens with one attached hydrogen (secondary N) is 1. The Balaban J connectivity index is 2.14. The highest BCUT2D eigenvalue weighted by atomic mass is 35.5. The first kappa shape index (κ1) is 21.4. The summed E-state index contributed by atoms with van der Waals surface area (Å²) >= 11 is 6.37. The van der Waals surface area contributed by atoms with Crippen LogP contribution in [0.5, 0.6) is 0 Å². The van der Waals surface area contributed by atoms with Crippen molar-refractivity contribution in [3.8, 4) is 6.07 Å². The van der Waals surface area contributed by atoms with Crippen molar-refractivity contribution in [3.05, 3.63) is 22.0 Å². The highest BCUT2D eigenvalue weighted by Gasteiger charge is 2.32. The van der Waals surface area contributed by atoms with E-state index in [0.717, 1.165) is 0 Å². The van der Waals surface area contributed by atoms with Gasteiger partial charge < -0.3 is 10.1 Å². The van der Waals surface area contributed by atoms with E-state index in [1.807, 2.05) is 13.0 Å². The minimum absolute atomic E-state index is 0.0115. The summed E-state index contributed by atoms with van der Waals surface area (Å²) in [5, 5.41) is 16.5. The van der Waals surface area contributed by atoms with Gasteiger partial charge in [-0.2, -0.15) is 10.4 Å². The summed E-state index contributed by atoms with van der Waals surface area (Å²) in [7, 11) is -3.08. The number of nitriles is 1. The van der Waals surface area contributed by atoms with Gasteiger partial charge in [0.1, 0.15) is 16.8 Å². The van der Waals surface area contributed by atoms with Crippen molar-refractivity contribution in [2.75, 3.05) is 31.3 Å². The maximum absolute atomic E-state index is 12.2. The zero-order valence-corrected chi connectivity index (χ0v) is 16.9. The number of halogens is 1. The first-order valence-electron chi connectivity index (χ1n) is 8.71. The van der Waals surface area contributed by atoms with Gasteiger partial charge in [-0.25, -0.2) is 13.1 Å². The second-order valence-electron chi connectivity index (χ2n) is 6.27. The van der Waals surface area contributed by atoms with Crippen molar-refractivity contribution in [2.24, 2.45) is 0 Å². The lowest BCUT2D eigenvalue weighted by Gasteiger charge is -2.09. The third kappa shape index (κ3) is 5.54. The minimum Gasteiger partial charge on any atom is -0.382 e. The first-order valence-corrected chi connectivity index (χ1v) is 10.9. The Morgan fingerprint density at radius 3 is 2.89 bits per heavy atom. The molecule has 0 bridgehead atoms. The number of ether oxygens (including phenoxy) is 1. The van der Waals surface area contributed by atoms with Crippen LogP contribution in [0.3, 0.4) is 0 Å². The molecule has 1 aromatic rings. The second-order valence-corrected chi connectivity index (χ2v) is 8.85. The van der Waals surface area contributed by atoms with Crippen molar-refractivity contribution in [1.29, 1.82) is 5.26 Å². The molecular weight excluding hydrogens is 392 g/mol. The van der Waals surface area contributed by atoms with Gasteiger partial charge in [-0.3, -0.25) is 4.79 Å². The highest BCUT2D eigenvalue weighted by Crippen LogP contribution is 2.30. The molecule has 2 heterocycles. The third-order valence-corrected chi connectivity index (χ3v) is 6.36. The van der Waals surface area contributed by atoms with Gasteiger partial charge in [-0.1, -0.05) is 11.6 Å². The van der Waals surface area contributed by atoms with Crippen LogP contribution in [0, 0.1) is 18.3 Å². The number of carbonyl (C=O) groups is 1. The molecule has 1 atom stereocenters. The SMILES string of the molecule is CCOCCCNC(=O)/C(C#N)=C/c1c(C)nn([C@H]2CCS(=O)(=O)C2)c1Cl. The topological polar surface area (TPSA) is 114 Å². The lowest BCUT2D eigenvalue weighted by atomic mass is 10.1. The molecule has 0 radical (unpaired) electrons. The number of sulfone groups is 1. The monoisotopic (exact) mass is 414 g/mol. The van der Waals surface area contributed by atoms with Crippen LogP contribution in [-0.4, -0.2) is 55.4 Å². The Morgan fingerprint density at radius 2 is 2.30 bits per heavy atom. The molecular formula is C17H23ClN4O4S. The van der Waals surface area contributed by atoms with Crippen molar-refractivity contribution in [3.63, 3.8) is 0 Å². The fourth-order valence-corrected chi connectivity index (χ4v) is 4.87. The highest BCUT2D eigenvalue weighted by molar-refractivity contribution is 7.91. The summed E-state index contributed by atoms with van der Waals surface area (Å²) in [6.07, 6.45) is 2.48. The number of hydrogen-bond acceptors (Lipinski definition) is 6. The number of nitrogens with zero attached hydrogens (tertiary/aromatic N) is 3. The quantitative estimate of drug-likeness (QED) is 0.393. The van der Waals surface area contributed by atoms with Crippen molar-refractivity contribution in [2.45, 2.75) is 32.7 Å². The molecule has 1 aliphatic heterocycles. The molecule has 10 heteroatoms. The maximum Gasteiger partial charge on any atom is 0.261 e. The van der Waals surface area contributed by atoms with E-state index in [1.165, 1.54) is 10.8 Å². The van der Waals surface area contributed by atoms with Gasteiger partial charge >= 0.3 is 0 Å². The molecule has 0 aromatic carbocycles. The van der Waals surface area contributed by atoms with Crippen LogP contribution in [0.15, 0.2) is 5.57 Å². The lowest BCUT2D eigenvalue weighted by Crippen LogP contribution is -2.26. The zero-order valence-electron chi connectivity index (χ0n) is 15.4. The van der Waals surface area contributed by atoms with E-state index >= 15 is 0 Å². The smallest absolute Gasteiger partial charge is 0.261 e. The predicted molar refractivity (Wildman–Crippen MR) is 102 cm³/mol. The van der Waals surface area contributed by atoms with Crippen LogP contribution >= 0.6 is 11.6 Å². The molecule has 0 aliphatic carbocycles.